The van der Waals surface area contributed by atoms with E-state index < -0.39 is 0 Å². The monoisotopic (exact) mass is 394 g/mol. The molecule has 5 heteroatoms. The number of rotatable bonds is 6. The third kappa shape index (κ3) is 3.96. The van der Waals surface area contributed by atoms with Gasteiger partial charge in [-0.15, -0.1) is 11.3 Å². The molecule has 0 aliphatic heterocycles. The SMILES string of the molecule is COc1cccc2c1CCCC2CN(C)CCc1ccc2c(=O)ncsc2c1. The minimum absolute atomic E-state index is 0.135. The Kier molecular flexibility index (Phi) is 5.74. The maximum atomic E-state index is 11.8. The molecule has 0 spiro atoms. The normalized spacial score (nSPS) is 16.3. The predicted molar refractivity (Wildman–Crippen MR) is 116 cm³/mol. The molecule has 1 aromatic heterocycles. The van der Waals surface area contributed by atoms with Crippen LogP contribution in [0.25, 0.3) is 10.1 Å². The van der Waals surface area contributed by atoms with Crippen LogP contribution in [0.5, 0.6) is 5.75 Å². The summed E-state index contributed by atoms with van der Waals surface area (Å²) in [4.78, 5) is 18.1. The molecule has 0 saturated heterocycles. The summed E-state index contributed by atoms with van der Waals surface area (Å²) < 4.78 is 6.60. The molecule has 2 aromatic carbocycles. The average Bonchev–Trinajstić information content (AvgIpc) is 2.72. The van der Waals surface area contributed by atoms with E-state index >= 15 is 0 Å². The number of nitrogens with zero attached hydrogens (tertiary/aromatic N) is 2. The molecular weight excluding hydrogens is 368 g/mol. The van der Waals surface area contributed by atoms with Gasteiger partial charge in [0.15, 0.2) is 0 Å². The van der Waals surface area contributed by atoms with Crippen molar-refractivity contribution < 1.29 is 4.74 Å². The van der Waals surface area contributed by atoms with Crippen molar-refractivity contribution in [2.24, 2.45) is 0 Å². The van der Waals surface area contributed by atoms with E-state index in [1.807, 2.05) is 6.07 Å². The highest BCUT2D eigenvalue weighted by Crippen LogP contribution is 2.36. The summed E-state index contributed by atoms with van der Waals surface area (Å²) in [7, 11) is 3.97. The molecule has 0 bridgehead atoms. The molecule has 3 aromatic rings. The lowest BCUT2D eigenvalue weighted by molar-refractivity contribution is 0.299. The minimum atomic E-state index is -0.135. The van der Waals surface area contributed by atoms with Crippen LogP contribution in [0.2, 0.25) is 0 Å². The van der Waals surface area contributed by atoms with Gasteiger partial charge in [0.25, 0.3) is 5.56 Å². The second-order valence-electron chi connectivity index (χ2n) is 7.62. The van der Waals surface area contributed by atoms with E-state index in [1.165, 1.54) is 40.9 Å². The van der Waals surface area contributed by atoms with Crippen LogP contribution in [0.1, 0.15) is 35.4 Å². The molecule has 1 aliphatic carbocycles. The van der Waals surface area contributed by atoms with Gasteiger partial charge in [0.05, 0.1) is 18.0 Å². The van der Waals surface area contributed by atoms with Gasteiger partial charge in [-0.05, 0) is 73.5 Å². The van der Waals surface area contributed by atoms with Crippen molar-refractivity contribution in [2.75, 3.05) is 27.2 Å². The number of benzene rings is 2. The molecular formula is C23H26N2O2S. The van der Waals surface area contributed by atoms with Crippen LogP contribution < -0.4 is 10.3 Å². The maximum Gasteiger partial charge on any atom is 0.279 e. The Bertz CT molecular complexity index is 1030. The number of likely N-dealkylation sites (N-methyl/N-ethyl adjacent to an activating group) is 1. The molecule has 1 aliphatic rings. The molecule has 0 fully saturated rings. The predicted octanol–water partition coefficient (Wildman–Crippen LogP) is 4.26. The minimum Gasteiger partial charge on any atom is -0.496 e. The van der Waals surface area contributed by atoms with Crippen molar-refractivity contribution >= 4 is 21.4 Å². The fourth-order valence-corrected chi connectivity index (χ4v) is 5.04. The third-order valence-corrected chi connectivity index (χ3v) is 6.55. The zero-order valence-corrected chi connectivity index (χ0v) is 17.3. The molecule has 28 heavy (non-hydrogen) atoms. The quantitative estimate of drug-likeness (QED) is 0.627. The Morgan fingerprint density at radius 3 is 3.04 bits per heavy atom. The lowest BCUT2D eigenvalue weighted by atomic mass is 9.82. The van der Waals surface area contributed by atoms with Crippen LogP contribution in [0.3, 0.4) is 0 Å². The lowest BCUT2D eigenvalue weighted by Crippen LogP contribution is -2.28. The van der Waals surface area contributed by atoms with Crippen LogP contribution in [0.15, 0.2) is 46.7 Å². The van der Waals surface area contributed by atoms with Gasteiger partial charge in [-0.1, -0.05) is 18.2 Å². The average molecular weight is 395 g/mol. The third-order valence-electron chi connectivity index (χ3n) is 5.75. The molecule has 146 valence electrons. The lowest BCUT2D eigenvalue weighted by Gasteiger charge is -2.30. The van der Waals surface area contributed by atoms with Gasteiger partial charge in [0.2, 0.25) is 0 Å². The number of hydrogen-bond donors (Lipinski definition) is 0. The zero-order chi connectivity index (χ0) is 19.5. The molecule has 0 saturated carbocycles. The van der Waals surface area contributed by atoms with Gasteiger partial charge in [0.1, 0.15) is 5.75 Å². The molecule has 1 atom stereocenters. The highest BCUT2D eigenvalue weighted by atomic mass is 32.1. The van der Waals surface area contributed by atoms with E-state index in [4.69, 9.17) is 4.74 Å². The fraction of sp³-hybridized carbons (Fsp3) is 0.391. The number of ether oxygens (including phenoxy) is 1. The van der Waals surface area contributed by atoms with Crippen molar-refractivity contribution in [1.82, 2.24) is 9.88 Å². The molecule has 0 N–H and O–H groups in total. The summed E-state index contributed by atoms with van der Waals surface area (Å²) in [6, 6.07) is 12.6. The van der Waals surface area contributed by atoms with Gasteiger partial charge in [-0.25, -0.2) is 4.98 Å². The van der Waals surface area contributed by atoms with Crippen molar-refractivity contribution in [3.8, 4) is 5.75 Å². The van der Waals surface area contributed by atoms with E-state index in [-0.39, 0.29) is 5.56 Å². The molecule has 4 nitrogen and oxygen atoms in total. The molecule has 0 amide bonds. The number of aromatic nitrogens is 1. The molecule has 1 heterocycles. The van der Waals surface area contributed by atoms with Gasteiger partial charge >= 0.3 is 0 Å². The van der Waals surface area contributed by atoms with Crippen LogP contribution in [0.4, 0.5) is 0 Å². The highest BCUT2D eigenvalue weighted by molar-refractivity contribution is 7.16. The molecule has 4 rings (SSSR count). The first-order valence-electron chi connectivity index (χ1n) is 9.86. The van der Waals surface area contributed by atoms with E-state index in [2.05, 4.69) is 47.3 Å². The largest absolute Gasteiger partial charge is 0.496 e. The first kappa shape index (κ1) is 19.1. The second kappa shape index (κ2) is 8.41. The van der Waals surface area contributed by atoms with Crippen molar-refractivity contribution in [1.29, 1.82) is 0 Å². The van der Waals surface area contributed by atoms with Gasteiger partial charge < -0.3 is 9.64 Å². The van der Waals surface area contributed by atoms with E-state index in [9.17, 15) is 4.79 Å². The first-order chi connectivity index (χ1) is 13.7. The summed E-state index contributed by atoms with van der Waals surface area (Å²) in [6.07, 6.45) is 4.56. The molecule has 1 unspecified atom stereocenters. The Labute approximate surface area is 169 Å². The second-order valence-corrected chi connectivity index (χ2v) is 8.50. The van der Waals surface area contributed by atoms with Crippen LogP contribution >= 0.6 is 11.3 Å². The standard InChI is InChI=1S/C23H26N2O2S/c1-25(12-11-16-9-10-20-22(13-16)28-15-24-23(20)26)14-17-5-3-7-19-18(17)6-4-8-21(19)27-2/h4,6,8-10,13,15,17H,3,5,7,11-12,14H2,1-2H3. The van der Waals surface area contributed by atoms with E-state index in [1.54, 1.807) is 12.6 Å². The summed E-state index contributed by atoms with van der Waals surface area (Å²) in [6.45, 7) is 2.06. The van der Waals surface area contributed by atoms with Crippen molar-refractivity contribution in [3.05, 3.63) is 69.0 Å². The van der Waals surface area contributed by atoms with Crippen LogP contribution in [0, 0.1) is 0 Å². The van der Waals surface area contributed by atoms with Crippen LogP contribution in [-0.2, 0) is 12.8 Å². The zero-order valence-electron chi connectivity index (χ0n) is 16.5. The van der Waals surface area contributed by atoms with Crippen LogP contribution in [-0.4, -0.2) is 37.1 Å². The Balaban J connectivity index is 1.42. The smallest absolute Gasteiger partial charge is 0.279 e. The summed E-state index contributed by atoms with van der Waals surface area (Å²) in [5.74, 6) is 1.60. The Morgan fingerprint density at radius 2 is 2.18 bits per heavy atom. The van der Waals surface area contributed by atoms with Gasteiger partial charge in [0, 0.05) is 17.8 Å². The highest BCUT2D eigenvalue weighted by Gasteiger charge is 2.23. The topological polar surface area (TPSA) is 42.4 Å². The van der Waals surface area contributed by atoms with Crippen molar-refractivity contribution in [3.63, 3.8) is 0 Å². The Hall–Kier alpha value is -2.24. The van der Waals surface area contributed by atoms with Crippen molar-refractivity contribution in [2.45, 2.75) is 31.6 Å². The summed E-state index contributed by atoms with van der Waals surface area (Å²) in [5.41, 5.74) is 5.62. The summed E-state index contributed by atoms with van der Waals surface area (Å²) >= 11 is 1.53. The van der Waals surface area contributed by atoms with Gasteiger partial charge in [-0.3, -0.25) is 4.79 Å². The van der Waals surface area contributed by atoms with Gasteiger partial charge in [-0.2, -0.15) is 0 Å². The fourth-order valence-electron chi connectivity index (χ4n) is 4.28. The number of fused-ring (bicyclic) bond motifs is 2. The summed E-state index contributed by atoms with van der Waals surface area (Å²) in [5, 5.41) is 0.720. The Morgan fingerprint density at radius 1 is 1.29 bits per heavy atom. The maximum absolute atomic E-state index is 11.8. The molecule has 0 radical (unpaired) electrons. The first-order valence-corrected chi connectivity index (χ1v) is 10.7. The van der Waals surface area contributed by atoms with E-state index in [0.29, 0.717) is 5.92 Å². The van der Waals surface area contributed by atoms with E-state index in [0.717, 1.165) is 41.8 Å². The number of hydrogen-bond acceptors (Lipinski definition) is 5. The number of methoxy groups -OCH3 is 1.